The topological polar surface area (TPSA) is 84.5 Å². The van der Waals surface area contributed by atoms with Gasteiger partial charge in [-0.05, 0) is 49.2 Å². The molecule has 0 amide bonds. The van der Waals surface area contributed by atoms with E-state index >= 15 is 0 Å². The molecule has 3 aromatic rings. The minimum atomic E-state index is -0.222. The summed E-state index contributed by atoms with van der Waals surface area (Å²) in [7, 11) is 1.79. The molecule has 0 radical (unpaired) electrons. The van der Waals surface area contributed by atoms with Crippen LogP contribution < -0.4 is 15.5 Å². The van der Waals surface area contributed by atoms with E-state index in [1.165, 1.54) is 17.7 Å². The summed E-state index contributed by atoms with van der Waals surface area (Å²) in [6, 6.07) is 6.71. The van der Waals surface area contributed by atoms with Gasteiger partial charge >= 0.3 is 0 Å². The van der Waals surface area contributed by atoms with Crippen LogP contribution in [-0.4, -0.2) is 78.7 Å². The number of H-pyrrole nitrogens is 1. The average Bonchev–Trinajstić information content (AvgIpc) is 3.23. The van der Waals surface area contributed by atoms with Crippen molar-refractivity contribution in [2.45, 2.75) is 12.8 Å². The third kappa shape index (κ3) is 7.00. The Labute approximate surface area is 211 Å². The van der Waals surface area contributed by atoms with Gasteiger partial charge in [0.15, 0.2) is 5.96 Å². The van der Waals surface area contributed by atoms with Crippen LogP contribution in [0.1, 0.15) is 12.0 Å². The van der Waals surface area contributed by atoms with Crippen LogP contribution in [0.15, 0.2) is 47.8 Å². The number of nitrogens with one attached hydrogen (secondary N) is 3. The highest BCUT2D eigenvalue weighted by Gasteiger charge is 2.18. The van der Waals surface area contributed by atoms with Crippen LogP contribution in [0.25, 0.3) is 10.9 Å². The Morgan fingerprint density at radius 2 is 1.88 bits per heavy atom. The smallest absolute Gasteiger partial charge is 0.225 e. The van der Waals surface area contributed by atoms with Crippen molar-refractivity contribution in [2.75, 3.05) is 57.8 Å². The molecule has 1 aliphatic rings. The molecule has 0 unspecified atom stereocenters. The molecule has 3 heterocycles. The average molecular weight is 566 g/mol. The summed E-state index contributed by atoms with van der Waals surface area (Å²) in [5.74, 6) is 1.41. The van der Waals surface area contributed by atoms with Crippen LogP contribution in [0.5, 0.6) is 0 Å². The fraction of sp³-hybridized carbons (Fsp3) is 0.435. The number of aromatic amines is 1. The molecule has 0 saturated carbocycles. The minimum absolute atomic E-state index is 0. The van der Waals surface area contributed by atoms with Crippen molar-refractivity contribution in [1.82, 2.24) is 30.5 Å². The number of benzene rings is 1. The summed E-state index contributed by atoms with van der Waals surface area (Å²) in [6.45, 7) is 6.66. The number of aliphatic imine (C=N–C) groups is 1. The Balaban J connectivity index is 0.00000306. The minimum Gasteiger partial charge on any atom is -0.361 e. The molecule has 0 atom stereocenters. The summed E-state index contributed by atoms with van der Waals surface area (Å²) in [4.78, 5) is 20.9. The van der Waals surface area contributed by atoms with Gasteiger partial charge in [-0.3, -0.25) is 9.89 Å². The lowest BCUT2D eigenvalue weighted by Crippen LogP contribution is -2.47. The number of piperazine rings is 1. The Morgan fingerprint density at radius 3 is 2.64 bits per heavy atom. The molecule has 0 aliphatic carbocycles. The maximum Gasteiger partial charge on any atom is 0.225 e. The molecule has 1 aliphatic heterocycles. The second-order valence-electron chi connectivity index (χ2n) is 7.91. The van der Waals surface area contributed by atoms with Gasteiger partial charge < -0.3 is 20.5 Å². The quantitative estimate of drug-likeness (QED) is 0.168. The summed E-state index contributed by atoms with van der Waals surface area (Å²) < 4.78 is 13.3. The van der Waals surface area contributed by atoms with Gasteiger partial charge in [-0.15, -0.1) is 24.0 Å². The molecular weight excluding hydrogens is 534 g/mol. The van der Waals surface area contributed by atoms with Crippen LogP contribution in [-0.2, 0) is 6.42 Å². The monoisotopic (exact) mass is 566 g/mol. The van der Waals surface area contributed by atoms with Gasteiger partial charge in [0.25, 0.3) is 0 Å². The number of nitrogens with zero attached hydrogens (tertiary/aromatic N) is 5. The van der Waals surface area contributed by atoms with Crippen molar-refractivity contribution < 1.29 is 4.39 Å². The SMILES string of the molecule is CN=C(NCCCN1CCN(c2ncccn2)CC1)NCCc1c[nH]c2cc(F)ccc12.I. The fourth-order valence-corrected chi connectivity index (χ4v) is 4.04. The molecule has 8 nitrogen and oxygen atoms in total. The molecule has 2 aromatic heterocycles. The van der Waals surface area contributed by atoms with E-state index < -0.39 is 0 Å². The van der Waals surface area contributed by atoms with Gasteiger partial charge in [-0.1, -0.05) is 0 Å². The molecule has 1 aromatic carbocycles. The zero-order chi connectivity index (χ0) is 22.2. The lowest BCUT2D eigenvalue weighted by molar-refractivity contribution is 0.254. The van der Waals surface area contributed by atoms with E-state index in [0.717, 1.165) is 81.5 Å². The number of hydrogen-bond donors (Lipinski definition) is 3. The molecule has 4 rings (SSSR count). The fourth-order valence-electron chi connectivity index (χ4n) is 4.04. The van der Waals surface area contributed by atoms with Gasteiger partial charge in [-0.2, -0.15) is 0 Å². The number of guanidine groups is 1. The standard InChI is InChI=1S/C23H31FN8.HI/c1-25-22(27-10-6-18-17-30-21-16-19(24)4-5-20(18)21)26-9-3-11-31-12-14-32(15-13-31)23-28-7-2-8-29-23;/h2,4-5,7-8,16-17,30H,3,6,9-15H2,1H3,(H2,25,26,27);1H. The normalized spacial score (nSPS) is 14.8. The van der Waals surface area contributed by atoms with Gasteiger partial charge in [0, 0.05) is 75.8 Å². The number of aromatic nitrogens is 3. The molecule has 10 heteroatoms. The first-order chi connectivity index (χ1) is 15.7. The Hall–Kier alpha value is -2.47. The highest BCUT2D eigenvalue weighted by molar-refractivity contribution is 14.0. The van der Waals surface area contributed by atoms with Crippen molar-refractivity contribution >= 4 is 46.8 Å². The lowest BCUT2D eigenvalue weighted by Gasteiger charge is -2.34. The second kappa shape index (κ2) is 12.7. The van der Waals surface area contributed by atoms with E-state index in [4.69, 9.17) is 0 Å². The molecule has 178 valence electrons. The van der Waals surface area contributed by atoms with Crippen molar-refractivity contribution in [2.24, 2.45) is 4.99 Å². The van der Waals surface area contributed by atoms with Crippen molar-refractivity contribution in [3.8, 4) is 0 Å². The maximum absolute atomic E-state index is 13.3. The van der Waals surface area contributed by atoms with Crippen LogP contribution in [0.3, 0.4) is 0 Å². The molecule has 1 fully saturated rings. The first-order valence-corrected chi connectivity index (χ1v) is 11.2. The van der Waals surface area contributed by atoms with E-state index in [1.807, 2.05) is 18.3 Å². The van der Waals surface area contributed by atoms with E-state index in [-0.39, 0.29) is 29.8 Å². The third-order valence-corrected chi connectivity index (χ3v) is 5.79. The van der Waals surface area contributed by atoms with Crippen molar-refractivity contribution in [3.63, 3.8) is 0 Å². The molecular formula is C23H32FIN8. The maximum atomic E-state index is 13.3. The first-order valence-electron chi connectivity index (χ1n) is 11.2. The van der Waals surface area contributed by atoms with E-state index in [1.54, 1.807) is 19.4 Å². The van der Waals surface area contributed by atoms with Gasteiger partial charge in [0.1, 0.15) is 5.82 Å². The van der Waals surface area contributed by atoms with Gasteiger partial charge in [0.05, 0.1) is 0 Å². The zero-order valence-electron chi connectivity index (χ0n) is 18.9. The number of fused-ring (bicyclic) bond motifs is 1. The highest BCUT2D eigenvalue weighted by atomic mass is 127. The molecule has 3 N–H and O–H groups in total. The number of halogens is 2. The zero-order valence-corrected chi connectivity index (χ0v) is 21.3. The van der Waals surface area contributed by atoms with Crippen molar-refractivity contribution in [3.05, 3.63) is 54.2 Å². The summed E-state index contributed by atoms with van der Waals surface area (Å²) in [5.41, 5.74) is 2.00. The predicted octanol–water partition coefficient (Wildman–Crippen LogP) is 2.63. The summed E-state index contributed by atoms with van der Waals surface area (Å²) in [6.07, 6.45) is 7.43. The Morgan fingerprint density at radius 1 is 1.12 bits per heavy atom. The van der Waals surface area contributed by atoms with Crippen LogP contribution >= 0.6 is 24.0 Å². The van der Waals surface area contributed by atoms with Gasteiger partial charge in [-0.25, -0.2) is 14.4 Å². The van der Waals surface area contributed by atoms with E-state index in [9.17, 15) is 4.39 Å². The second-order valence-corrected chi connectivity index (χ2v) is 7.91. The molecule has 0 spiro atoms. The summed E-state index contributed by atoms with van der Waals surface area (Å²) in [5, 5.41) is 7.82. The van der Waals surface area contributed by atoms with E-state index in [0.29, 0.717) is 0 Å². The van der Waals surface area contributed by atoms with Gasteiger partial charge in [0.2, 0.25) is 5.95 Å². The molecule has 1 saturated heterocycles. The van der Waals surface area contributed by atoms with Crippen LogP contribution in [0.2, 0.25) is 0 Å². The number of rotatable bonds is 8. The lowest BCUT2D eigenvalue weighted by atomic mass is 10.1. The number of hydrogen-bond acceptors (Lipinski definition) is 5. The molecule has 0 bridgehead atoms. The Bertz CT molecular complexity index is 1020. The first kappa shape index (κ1) is 25.2. The largest absolute Gasteiger partial charge is 0.361 e. The predicted molar refractivity (Wildman–Crippen MR) is 142 cm³/mol. The van der Waals surface area contributed by atoms with Crippen LogP contribution in [0.4, 0.5) is 10.3 Å². The van der Waals surface area contributed by atoms with E-state index in [2.05, 4.69) is 40.4 Å². The molecule has 33 heavy (non-hydrogen) atoms. The number of anilines is 1. The van der Waals surface area contributed by atoms with Crippen molar-refractivity contribution in [1.29, 1.82) is 0 Å². The third-order valence-electron chi connectivity index (χ3n) is 5.79. The van der Waals surface area contributed by atoms with Crippen LogP contribution in [0, 0.1) is 5.82 Å². The summed E-state index contributed by atoms with van der Waals surface area (Å²) >= 11 is 0. The highest BCUT2D eigenvalue weighted by Crippen LogP contribution is 2.19. The Kier molecular flexibility index (Phi) is 9.67.